The number of esters is 1. The number of aromatic nitrogens is 2. The molecule has 4 aromatic rings. The molecule has 0 amide bonds. The van der Waals surface area contributed by atoms with E-state index in [0.717, 1.165) is 5.39 Å². The molecule has 0 atom stereocenters. The number of hydrogen-bond acceptors (Lipinski definition) is 4. The van der Waals surface area contributed by atoms with Crippen molar-refractivity contribution in [2.45, 2.75) is 0 Å². The van der Waals surface area contributed by atoms with Crippen molar-refractivity contribution in [3.05, 3.63) is 80.7 Å². The monoisotopic (exact) mass is 398 g/mol. The van der Waals surface area contributed by atoms with Gasteiger partial charge in [-0.2, -0.15) is 9.61 Å². The van der Waals surface area contributed by atoms with Gasteiger partial charge in [-0.1, -0.05) is 47.5 Å². The second-order valence-electron chi connectivity index (χ2n) is 5.88. The number of methoxy groups -OCH3 is 1. The Kier molecular flexibility index (Phi) is 4.34. The minimum atomic E-state index is -0.588. The molecule has 0 aliphatic heterocycles. The first-order valence-corrected chi connectivity index (χ1v) is 8.74. The standard InChI is InChI=1S/C20H12Cl2N2O3/c1-27-20(26)16-9-15(13-4-2-3-5-17(13)22)19(25)24-18(16)14-8-12(21)7-6-11(14)10-23-24/h2-10H,1H3. The van der Waals surface area contributed by atoms with Crippen LogP contribution in [0, 0.1) is 0 Å². The van der Waals surface area contributed by atoms with Crippen LogP contribution in [0.4, 0.5) is 0 Å². The van der Waals surface area contributed by atoms with Crippen molar-refractivity contribution in [3.63, 3.8) is 0 Å². The smallest absolute Gasteiger partial charge is 0.340 e. The van der Waals surface area contributed by atoms with Gasteiger partial charge in [0, 0.05) is 26.4 Å². The van der Waals surface area contributed by atoms with Crippen LogP contribution in [0.5, 0.6) is 0 Å². The van der Waals surface area contributed by atoms with Crippen molar-refractivity contribution in [3.8, 4) is 11.1 Å². The summed E-state index contributed by atoms with van der Waals surface area (Å²) in [7, 11) is 1.28. The molecule has 0 aliphatic carbocycles. The maximum atomic E-state index is 13.1. The van der Waals surface area contributed by atoms with Gasteiger partial charge < -0.3 is 4.74 Å². The molecular weight excluding hydrogens is 387 g/mol. The zero-order valence-electron chi connectivity index (χ0n) is 14.1. The summed E-state index contributed by atoms with van der Waals surface area (Å²) in [6.45, 7) is 0. The van der Waals surface area contributed by atoms with Gasteiger partial charge in [-0.15, -0.1) is 0 Å². The molecule has 2 heterocycles. The van der Waals surface area contributed by atoms with Crippen LogP contribution in [0.15, 0.2) is 59.5 Å². The van der Waals surface area contributed by atoms with Crippen LogP contribution in [0.25, 0.3) is 27.4 Å². The summed E-state index contributed by atoms with van der Waals surface area (Å²) in [5, 5.41) is 6.49. The van der Waals surface area contributed by atoms with Gasteiger partial charge in [-0.25, -0.2) is 4.79 Å². The largest absolute Gasteiger partial charge is 0.465 e. The third-order valence-electron chi connectivity index (χ3n) is 4.33. The molecule has 0 saturated heterocycles. The Bertz CT molecular complexity index is 1280. The van der Waals surface area contributed by atoms with E-state index in [1.807, 2.05) is 0 Å². The Hall–Kier alpha value is -2.89. The number of ether oxygens (including phenoxy) is 1. The summed E-state index contributed by atoms with van der Waals surface area (Å²) in [5.74, 6) is -0.588. The fourth-order valence-electron chi connectivity index (χ4n) is 3.08. The van der Waals surface area contributed by atoms with Crippen molar-refractivity contribution >= 4 is 45.5 Å². The van der Waals surface area contributed by atoms with Gasteiger partial charge in [0.05, 0.1) is 30.0 Å². The molecule has 7 heteroatoms. The highest BCUT2D eigenvalue weighted by Gasteiger charge is 2.20. The van der Waals surface area contributed by atoms with Gasteiger partial charge in [0.15, 0.2) is 0 Å². The van der Waals surface area contributed by atoms with E-state index in [-0.39, 0.29) is 11.1 Å². The van der Waals surface area contributed by atoms with Crippen LogP contribution in [0.2, 0.25) is 10.0 Å². The van der Waals surface area contributed by atoms with Crippen LogP contribution in [0.1, 0.15) is 10.4 Å². The molecule has 0 spiro atoms. The molecule has 0 saturated carbocycles. The number of nitrogens with zero attached hydrogens (tertiary/aromatic N) is 2. The zero-order chi connectivity index (χ0) is 19.1. The van der Waals surface area contributed by atoms with Crippen LogP contribution in [0.3, 0.4) is 0 Å². The van der Waals surface area contributed by atoms with E-state index < -0.39 is 11.5 Å². The van der Waals surface area contributed by atoms with Crippen LogP contribution in [-0.2, 0) is 4.74 Å². The molecule has 0 N–H and O–H groups in total. The van der Waals surface area contributed by atoms with E-state index in [9.17, 15) is 9.59 Å². The molecule has 2 aromatic carbocycles. The SMILES string of the molecule is COC(=O)c1cc(-c2ccccc2Cl)c(=O)n2ncc3ccc(Cl)cc3c12. The Balaban J connectivity index is 2.21. The van der Waals surface area contributed by atoms with Gasteiger partial charge in [0.25, 0.3) is 5.56 Å². The van der Waals surface area contributed by atoms with E-state index in [4.69, 9.17) is 27.9 Å². The lowest BCUT2D eigenvalue weighted by atomic mass is 10.0. The zero-order valence-corrected chi connectivity index (χ0v) is 15.6. The Morgan fingerprint density at radius 3 is 2.59 bits per heavy atom. The molecule has 5 nitrogen and oxygen atoms in total. The van der Waals surface area contributed by atoms with Crippen LogP contribution in [-0.4, -0.2) is 22.7 Å². The number of halogens is 2. The second kappa shape index (κ2) is 6.68. The third kappa shape index (κ3) is 2.85. The Labute approximate surface area is 163 Å². The summed E-state index contributed by atoms with van der Waals surface area (Å²) in [4.78, 5) is 25.6. The fraction of sp³-hybridized carbons (Fsp3) is 0.0500. The minimum Gasteiger partial charge on any atom is -0.465 e. The molecule has 2 aromatic heterocycles. The average Bonchev–Trinajstić information content (AvgIpc) is 2.68. The normalized spacial score (nSPS) is 11.1. The fourth-order valence-corrected chi connectivity index (χ4v) is 3.49. The van der Waals surface area contributed by atoms with E-state index in [2.05, 4.69) is 5.10 Å². The van der Waals surface area contributed by atoms with Crippen LogP contribution < -0.4 is 5.56 Å². The summed E-state index contributed by atoms with van der Waals surface area (Å²) in [6, 6.07) is 13.6. The Morgan fingerprint density at radius 2 is 1.85 bits per heavy atom. The van der Waals surface area contributed by atoms with Crippen molar-refractivity contribution in [2.24, 2.45) is 0 Å². The maximum absolute atomic E-state index is 13.1. The first-order valence-electron chi connectivity index (χ1n) is 7.99. The lowest BCUT2D eigenvalue weighted by Gasteiger charge is -2.12. The Morgan fingerprint density at radius 1 is 1.07 bits per heavy atom. The molecule has 134 valence electrons. The van der Waals surface area contributed by atoms with Crippen LogP contribution >= 0.6 is 23.2 Å². The molecule has 0 unspecified atom stereocenters. The predicted molar refractivity (Wildman–Crippen MR) is 106 cm³/mol. The summed E-state index contributed by atoms with van der Waals surface area (Å²) >= 11 is 12.4. The molecule has 0 bridgehead atoms. The summed E-state index contributed by atoms with van der Waals surface area (Å²) in [6.07, 6.45) is 1.55. The van der Waals surface area contributed by atoms with Gasteiger partial charge in [-0.05, 0) is 24.3 Å². The molecule has 4 rings (SSSR count). The third-order valence-corrected chi connectivity index (χ3v) is 4.90. The number of pyridine rings is 1. The molecule has 0 radical (unpaired) electrons. The topological polar surface area (TPSA) is 60.7 Å². The lowest BCUT2D eigenvalue weighted by Crippen LogP contribution is -2.21. The molecule has 27 heavy (non-hydrogen) atoms. The van der Waals surface area contributed by atoms with Gasteiger partial charge in [-0.3, -0.25) is 4.79 Å². The van der Waals surface area contributed by atoms with Crippen molar-refractivity contribution in [1.29, 1.82) is 0 Å². The number of benzene rings is 2. The second-order valence-corrected chi connectivity index (χ2v) is 6.73. The summed E-state index contributed by atoms with van der Waals surface area (Å²) in [5.41, 5.74) is 0.909. The van der Waals surface area contributed by atoms with E-state index in [0.29, 0.717) is 26.5 Å². The van der Waals surface area contributed by atoms with E-state index in [1.54, 1.807) is 48.7 Å². The maximum Gasteiger partial charge on any atom is 0.340 e. The first-order chi connectivity index (χ1) is 13.0. The average molecular weight is 399 g/mol. The van der Waals surface area contributed by atoms with Crippen molar-refractivity contribution < 1.29 is 9.53 Å². The quantitative estimate of drug-likeness (QED) is 0.365. The first kappa shape index (κ1) is 17.5. The number of rotatable bonds is 2. The van der Waals surface area contributed by atoms with Gasteiger partial charge in [0.1, 0.15) is 0 Å². The highest BCUT2D eigenvalue weighted by molar-refractivity contribution is 6.33. The number of carbonyl (C=O) groups is 1. The molecular formula is C20H12Cl2N2O3. The van der Waals surface area contributed by atoms with Crippen molar-refractivity contribution in [2.75, 3.05) is 7.11 Å². The van der Waals surface area contributed by atoms with Gasteiger partial charge >= 0.3 is 5.97 Å². The van der Waals surface area contributed by atoms with E-state index >= 15 is 0 Å². The highest BCUT2D eigenvalue weighted by atomic mass is 35.5. The predicted octanol–water partition coefficient (Wildman–Crippen LogP) is 4.61. The summed E-state index contributed by atoms with van der Waals surface area (Å²) < 4.78 is 6.12. The highest BCUT2D eigenvalue weighted by Crippen LogP contribution is 2.30. The number of hydrogen-bond donors (Lipinski definition) is 0. The minimum absolute atomic E-state index is 0.201. The number of carbonyl (C=O) groups excluding carboxylic acids is 1. The lowest BCUT2D eigenvalue weighted by molar-refractivity contribution is 0.0602. The van der Waals surface area contributed by atoms with Gasteiger partial charge in [0.2, 0.25) is 0 Å². The van der Waals surface area contributed by atoms with E-state index in [1.165, 1.54) is 17.7 Å². The molecule has 0 aliphatic rings. The molecule has 0 fully saturated rings. The number of fused-ring (bicyclic) bond motifs is 3. The van der Waals surface area contributed by atoms with Crippen molar-refractivity contribution in [1.82, 2.24) is 9.61 Å².